The maximum Gasteiger partial charge on any atom is 0.330 e. The first-order chi connectivity index (χ1) is 12.6. The molecule has 2 rings (SSSR count). The van der Waals surface area contributed by atoms with Gasteiger partial charge in [0.05, 0.1) is 12.8 Å². The van der Waals surface area contributed by atoms with E-state index in [-0.39, 0.29) is 12.5 Å². The number of nitrogens with zero attached hydrogens (tertiary/aromatic N) is 3. The van der Waals surface area contributed by atoms with Crippen LogP contribution in [0.15, 0.2) is 30.5 Å². The van der Waals surface area contributed by atoms with Crippen LogP contribution in [0.1, 0.15) is 27.2 Å². The Hall–Kier alpha value is -2.42. The summed E-state index contributed by atoms with van der Waals surface area (Å²) >= 11 is 0. The van der Waals surface area contributed by atoms with Crippen LogP contribution in [0.2, 0.25) is 0 Å². The summed E-state index contributed by atoms with van der Waals surface area (Å²) in [5.41, 5.74) is 2.64. The molecule has 0 spiro atoms. The molecule has 0 aliphatic rings. The predicted octanol–water partition coefficient (Wildman–Crippen LogP) is 3.42. The van der Waals surface area contributed by atoms with Crippen molar-refractivity contribution in [3.05, 3.63) is 52.8 Å². The van der Waals surface area contributed by atoms with Gasteiger partial charge in [0.15, 0.2) is 0 Å². The molecule has 1 aromatic heterocycles. The van der Waals surface area contributed by atoms with Gasteiger partial charge in [0.2, 0.25) is 0 Å². The molecule has 0 aliphatic heterocycles. The number of hydrogen-bond acceptors (Lipinski definition) is 3. The number of aryl methyl sites for hydroxylation is 1. The number of carbonyl (C=O) groups is 1. The number of aromatic nitrogens is 2. The summed E-state index contributed by atoms with van der Waals surface area (Å²) in [4.78, 5) is 14.1. The second-order valence-corrected chi connectivity index (χ2v) is 6.29. The standard InChI is InChI=1S/C18H21F4N3O2/c1-12-15(8-23-25(12)3)9-24(2)16(26)14-6-4-5-13(7-14)10-27-11-18(21,22)17(19)20/h4-8,17H,9-11H2,1-3H3. The smallest absolute Gasteiger partial charge is 0.330 e. The van der Waals surface area contributed by atoms with Crippen molar-refractivity contribution in [1.82, 2.24) is 14.7 Å². The zero-order chi connectivity index (χ0) is 20.2. The summed E-state index contributed by atoms with van der Waals surface area (Å²) in [6.07, 6.45) is -2.10. The molecule has 0 N–H and O–H groups in total. The molecule has 0 unspecified atom stereocenters. The third-order valence-corrected chi connectivity index (χ3v) is 4.15. The molecule has 0 aliphatic carbocycles. The van der Waals surface area contributed by atoms with Crippen LogP contribution in [0.3, 0.4) is 0 Å². The highest BCUT2D eigenvalue weighted by molar-refractivity contribution is 5.94. The molecular weight excluding hydrogens is 366 g/mol. The lowest BCUT2D eigenvalue weighted by Gasteiger charge is -2.18. The van der Waals surface area contributed by atoms with Gasteiger partial charge in [-0.2, -0.15) is 13.9 Å². The highest BCUT2D eigenvalue weighted by Crippen LogP contribution is 2.23. The van der Waals surface area contributed by atoms with Crippen molar-refractivity contribution in [2.24, 2.45) is 7.05 Å². The Morgan fingerprint density at radius 2 is 2.07 bits per heavy atom. The van der Waals surface area contributed by atoms with E-state index in [0.29, 0.717) is 17.7 Å². The first-order valence-corrected chi connectivity index (χ1v) is 8.17. The van der Waals surface area contributed by atoms with Gasteiger partial charge < -0.3 is 9.64 Å². The van der Waals surface area contributed by atoms with Crippen molar-refractivity contribution in [1.29, 1.82) is 0 Å². The number of hydrogen-bond donors (Lipinski definition) is 0. The molecule has 0 saturated carbocycles. The second-order valence-electron chi connectivity index (χ2n) is 6.29. The lowest BCUT2D eigenvalue weighted by Crippen LogP contribution is -2.32. The van der Waals surface area contributed by atoms with Crippen LogP contribution < -0.4 is 0 Å². The zero-order valence-corrected chi connectivity index (χ0v) is 15.3. The van der Waals surface area contributed by atoms with Gasteiger partial charge in [-0.05, 0) is 24.6 Å². The van der Waals surface area contributed by atoms with Gasteiger partial charge >= 0.3 is 12.3 Å². The number of alkyl halides is 4. The van der Waals surface area contributed by atoms with E-state index in [2.05, 4.69) is 9.84 Å². The number of halogens is 4. The van der Waals surface area contributed by atoms with E-state index in [1.165, 1.54) is 11.0 Å². The lowest BCUT2D eigenvalue weighted by atomic mass is 10.1. The summed E-state index contributed by atoms with van der Waals surface area (Å²) in [5, 5.41) is 4.13. The highest BCUT2D eigenvalue weighted by Gasteiger charge is 2.40. The molecule has 1 amide bonds. The summed E-state index contributed by atoms with van der Waals surface area (Å²) in [6, 6.07) is 6.24. The molecule has 1 aromatic carbocycles. The normalized spacial score (nSPS) is 11.9. The third kappa shape index (κ3) is 5.29. The fourth-order valence-electron chi connectivity index (χ4n) is 2.41. The quantitative estimate of drug-likeness (QED) is 0.652. The van der Waals surface area contributed by atoms with Crippen molar-refractivity contribution in [2.75, 3.05) is 13.7 Å². The van der Waals surface area contributed by atoms with E-state index in [1.54, 1.807) is 36.1 Å². The number of ether oxygens (including phenoxy) is 1. The number of amides is 1. The molecule has 148 valence electrons. The van der Waals surface area contributed by atoms with E-state index in [0.717, 1.165) is 11.3 Å². The SMILES string of the molecule is Cc1c(CN(C)C(=O)c2cccc(COCC(F)(F)C(F)F)c2)cnn1C. The molecule has 0 atom stereocenters. The summed E-state index contributed by atoms with van der Waals surface area (Å²) in [6.45, 7) is 0.575. The van der Waals surface area contributed by atoms with E-state index in [9.17, 15) is 22.4 Å². The first kappa shape index (κ1) is 20.9. The largest absolute Gasteiger partial charge is 0.370 e. The number of rotatable bonds is 8. The molecule has 0 bridgehead atoms. The molecule has 2 aromatic rings. The lowest BCUT2D eigenvalue weighted by molar-refractivity contribution is -0.168. The van der Waals surface area contributed by atoms with Crippen LogP contribution in [0.25, 0.3) is 0 Å². The van der Waals surface area contributed by atoms with E-state index in [1.807, 2.05) is 14.0 Å². The number of benzene rings is 1. The predicted molar refractivity (Wildman–Crippen MR) is 90.8 cm³/mol. The van der Waals surface area contributed by atoms with E-state index >= 15 is 0 Å². The van der Waals surface area contributed by atoms with Crippen LogP contribution in [-0.2, 0) is 24.9 Å². The number of carbonyl (C=O) groups excluding carboxylic acids is 1. The van der Waals surface area contributed by atoms with Gasteiger partial charge in [0.1, 0.15) is 6.61 Å². The van der Waals surface area contributed by atoms with Gasteiger partial charge in [-0.15, -0.1) is 0 Å². The van der Waals surface area contributed by atoms with Crippen LogP contribution in [0, 0.1) is 6.92 Å². The Balaban J connectivity index is 1.99. The first-order valence-electron chi connectivity index (χ1n) is 8.17. The van der Waals surface area contributed by atoms with Gasteiger partial charge in [-0.1, -0.05) is 12.1 Å². The minimum atomic E-state index is -4.20. The average molecular weight is 387 g/mol. The molecule has 0 saturated heterocycles. The molecule has 5 nitrogen and oxygen atoms in total. The van der Waals surface area contributed by atoms with Crippen molar-refractivity contribution >= 4 is 5.91 Å². The molecular formula is C18H21F4N3O2. The molecule has 0 radical (unpaired) electrons. The third-order valence-electron chi connectivity index (χ3n) is 4.15. The van der Waals surface area contributed by atoms with Gasteiger partial charge in [0.25, 0.3) is 5.91 Å². The van der Waals surface area contributed by atoms with E-state index < -0.39 is 19.0 Å². The second kappa shape index (κ2) is 8.51. The maximum atomic E-state index is 12.9. The Morgan fingerprint density at radius 1 is 1.37 bits per heavy atom. The van der Waals surface area contributed by atoms with Crippen LogP contribution in [0.4, 0.5) is 17.6 Å². The van der Waals surface area contributed by atoms with Crippen LogP contribution >= 0.6 is 0 Å². The van der Waals surface area contributed by atoms with Crippen molar-refractivity contribution in [3.63, 3.8) is 0 Å². The molecule has 1 heterocycles. The highest BCUT2D eigenvalue weighted by atomic mass is 19.3. The summed E-state index contributed by atoms with van der Waals surface area (Å²) in [5.74, 6) is -4.46. The van der Waals surface area contributed by atoms with Crippen molar-refractivity contribution in [3.8, 4) is 0 Å². The Kier molecular flexibility index (Phi) is 6.59. The summed E-state index contributed by atoms with van der Waals surface area (Å²) < 4.78 is 56.4. The van der Waals surface area contributed by atoms with E-state index in [4.69, 9.17) is 0 Å². The van der Waals surface area contributed by atoms with Crippen LogP contribution in [0.5, 0.6) is 0 Å². The molecule has 27 heavy (non-hydrogen) atoms. The monoisotopic (exact) mass is 387 g/mol. The minimum absolute atomic E-state index is 0.266. The summed E-state index contributed by atoms with van der Waals surface area (Å²) in [7, 11) is 3.45. The Morgan fingerprint density at radius 3 is 2.67 bits per heavy atom. The minimum Gasteiger partial charge on any atom is -0.370 e. The Labute approximate surface area is 154 Å². The Bertz CT molecular complexity index is 793. The van der Waals surface area contributed by atoms with Gasteiger partial charge in [-0.3, -0.25) is 9.48 Å². The zero-order valence-electron chi connectivity index (χ0n) is 15.3. The van der Waals surface area contributed by atoms with Gasteiger partial charge in [0, 0.05) is 37.5 Å². The fraction of sp³-hybridized carbons (Fsp3) is 0.444. The van der Waals surface area contributed by atoms with Crippen molar-refractivity contribution < 1.29 is 27.1 Å². The average Bonchev–Trinajstić information content (AvgIpc) is 2.93. The molecule has 0 fully saturated rings. The fourth-order valence-corrected chi connectivity index (χ4v) is 2.41. The maximum absolute atomic E-state index is 12.9. The van der Waals surface area contributed by atoms with Crippen molar-refractivity contribution in [2.45, 2.75) is 32.4 Å². The molecule has 9 heteroatoms. The topological polar surface area (TPSA) is 47.4 Å². The van der Waals surface area contributed by atoms with Crippen LogP contribution in [-0.4, -0.2) is 46.6 Å². The van der Waals surface area contributed by atoms with Gasteiger partial charge in [-0.25, -0.2) is 8.78 Å².